The van der Waals surface area contributed by atoms with Crippen LogP contribution in [0.2, 0.25) is 0 Å². The van der Waals surface area contributed by atoms with Crippen molar-refractivity contribution >= 4 is 11.8 Å². The fraction of sp³-hybridized carbons (Fsp3) is 0.429. The Labute approximate surface area is 122 Å². The van der Waals surface area contributed by atoms with Gasteiger partial charge in [-0.1, -0.05) is 12.1 Å². The molecule has 114 valence electrons. The molecule has 0 aliphatic carbocycles. The van der Waals surface area contributed by atoms with Crippen molar-refractivity contribution in [2.45, 2.75) is 13.3 Å². The number of fused-ring (bicyclic) bond motifs is 1. The molecular weight excluding hydrogens is 278 g/mol. The molecule has 0 aromatic heterocycles. The molecular formula is C14H17NO6. The van der Waals surface area contributed by atoms with Crippen LogP contribution in [0.1, 0.15) is 13.3 Å². The van der Waals surface area contributed by atoms with Crippen molar-refractivity contribution in [3.8, 4) is 11.5 Å². The summed E-state index contributed by atoms with van der Waals surface area (Å²) in [7, 11) is 0. The normalized spacial score (nSPS) is 13.2. The molecule has 1 heterocycles. The Kier molecular flexibility index (Phi) is 5.53. The zero-order valence-corrected chi connectivity index (χ0v) is 11.7. The summed E-state index contributed by atoms with van der Waals surface area (Å²) in [4.78, 5) is 33.2. The van der Waals surface area contributed by atoms with Crippen molar-refractivity contribution in [2.75, 3.05) is 26.4 Å². The Morgan fingerprint density at radius 2 is 1.86 bits per heavy atom. The van der Waals surface area contributed by atoms with Gasteiger partial charge in [-0.25, -0.2) is 0 Å². The predicted molar refractivity (Wildman–Crippen MR) is 71.5 cm³/mol. The second-order valence-corrected chi connectivity index (χ2v) is 4.26. The van der Waals surface area contributed by atoms with E-state index in [1.165, 1.54) is 5.23 Å². The summed E-state index contributed by atoms with van der Waals surface area (Å²) in [6, 6.07) is 7.27. The van der Waals surface area contributed by atoms with E-state index in [-0.39, 0.29) is 32.0 Å². The number of hydroxylamine groups is 2. The van der Waals surface area contributed by atoms with Gasteiger partial charge in [-0.15, -0.1) is 0 Å². The number of nitrogens with zero attached hydrogens (tertiary/aromatic N) is 1. The van der Waals surface area contributed by atoms with Crippen molar-refractivity contribution in [3.05, 3.63) is 24.3 Å². The van der Waals surface area contributed by atoms with Crippen LogP contribution >= 0.6 is 0 Å². The van der Waals surface area contributed by atoms with Crippen LogP contribution in [-0.2, 0) is 19.1 Å². The molecule has 0 radical (unpaired) electrons. The number of rotatable bonds is 8. The molecule has 7 nitrogen and oxygen atoms in total. The van der Waals surface area contributed by atoms with Crippen molar-refractivity contribution in [1.29, 1.82) is 0 Å². The van der Waals surface area contributed by atoms with E-state index in [1.807, 2.05) is 12.1 Å². The van der Waals surface area contributed by atoms with Gasteiger partial charge in [-0.05, 0) is 19.1 Å². The van der Waals surface area contributed by atoms with Gasteiger partial charge in [0.2, 0.25) is 0 Å². The monoisotopic (exact) mass is 295 g/mol. The quantitative estimate of drug-likeness (QED) is 0.404. The van der Waals surface area contributed by atoms with Gasteiger partial charge >= 0.3 is 5.97 Å². The van der Waals surface area contributed by atoms with Crippen LogP contribution in [0, 0.1) is 0 Å². The Hall–Kier alpha value is -2.12. The highest BCUT2D eigenvalue weighted by Crippen LogP contribution is 2.32. The number of Topliss-reactive ketones (excluding diaryl/α,β-unsaturated/α-hetero) is 1. The van der Waals surface area contributed by atoms with Gasteiger partial charge in [-0.2, -0.15) is 0 Å². The summed E-state index contributed by atoms with van der Waals surface area (Å²) in [5.74, 6) is 0.416. The van der Waals surface area contributed by atoms with E-state index in [4.69, 9.17) is 14.4 Å². The van der Waals surface area contributed by atoms with Gasteiger partial charge in [0.05, 0.1) is 19.8 Å². The van der Waals surface area contributed by atoms with Crippen LogP contribution in [0.4, 0.5) is 0 Å². The third-order valence-electron chi connectivity index (χ3n) is 2.58. The van der Waals surface area contributed by atoms with E-state index in [9.17, 15) is 9.59 Å². The van der Waals surface area contributed by atoms with Crippen LogP contribution in [0.3, 0.4) is 0 Å². The average molecular weight is 295 g/mol. The number of esters is 1. The Morgan fingerprint density at radius 1 is 1.19 bits per heavy atom. The number of para-hydroxylation sites is 2. The molecule has 7 heteroatoms. The van der Waals surface area contributed by atoms with E-state index < -0.39 is 5.97 Å². The molecule has 0 amide bonds. The number of benzene rings is 1. The van der Waals surface area contributed by atoms with E-state index in [1.54, 1.807) is 19.1 Å². The molecule has 0 spiro atoms. The fourth-order valence-electron chi connectivity index (χ4n) is 1.68. The lowest BCUT2D eigenvalue weighted by Crippen LogP contribution is -2.30. The summed E-state index contributed by atoms with van der Waals surface area (Å²) in [6.07, 6.45) is -0.268. The number of ether oxygens (including phenoxy) is 2. The standard InChI is InChI=1S/C14H17NO6/c1-2-19-14(17)9-11(16)10-18-8-7-15-20-12-5-3-4-6-13(12)21-15/h3-6H,2,7-10H2,1H3. The smallest absolute Gasteiger partial charge is 0.313 e. The van der Waals surface area contributed by atoms with Crippen LogP contribution in [0.25, 0.3) is 0 Å². The molecule has 2 rings (SSSR count). The summed E-state index contributed by atoms with van der Waals surface area (Å²) in [6.45, 7) is 2.38. The lowest BCUT2D eigenvalue weighted by Gasteiger charge is -2.12. The van der Waals surface area contributed by atoms with Gasteiger partial charge in [0.1, 0.15) is 13.0 Å². The molecule has 0 N–H and O–H groups in total. The number of hydrogen-bond acceptors (Lipinski definition) is 7. The van der Waals surface area contributed by atoms with E-state index in [0.717, 1.165) is 0 Å². The van der Waals surface area contributed by atoms with Gasteiger partial charge in [-0.3, -0.25) is 9.59 Å². The summed E-state index contributed by atoms with van der Waals surface area (Å²) < 4.78 is 9.85. The van der Waals surface area contributed by atoms with Crippen molar-refractivity contribution in [1.82, 2.24) is 5.23 Å². The van der Waals surface area contributed by atoms with Crippen molar-refractivity contribution in [3.63, 3.8) is 0 Å². The second-order valence-electron chi connectivity index (χ2n) is 4.26. The molecule has 1 aliphatic rings. The molecule has 0 fully saturated rings. The number of carbonyl (C=O) groups excluding carboxylic acids is 2. The lowest BCUT2D eigenvalue weighted by molar-refractivity contribution is -0.231. The van der Waals surface area contributed by atoms with Gasteiger partial charge in [0.25, 0.3) is 0 Å². The molecule has 1 aromatic carbocycles. The molecule has 1 aromatic rings. The third-order valence-corrected chi connectivity index (χ3v) is 2.58. The first-order chi connectivity index (χ1) is 10.2. The number of hydrogen-bond donors (Lipinski definition) is 0. The van der Waals surface area contributed by atoms with Crippen LogP contribution in [0.5, 0.6) is 11.5 Å². The highest BCUT2D eigenvalue weighted by Gasteiger charge is 2.21. The topological polar surface area (TPSA) is 74.3 Å². The van der Waals surface area contributed by atoms with E-state index in [2.05, 4.69) is 4.74 Å². The minimum absolute atomic E-state index is 0.139. The molecule has 0 atom stereocenters. The highest BCUT2D eigenvalue weighted by atomic mass is 17.0. The minimum Gasteiger partial charge on any atom is -0.466 e. The Bertz CT molecular complexity index is 479. The van der Waals surface area contributed by atoms with E-state index >= 15 is 0 Å². The number of ketones is 1. The maximum atomic E-state index is 11.4. The molecule has 0 saturated carbocycles. The first kappa shape index (κ1) is 15.3. The summed E-state index contributed by atoms with van der Waals surface area (Å²) in [5.41, 5.74) is 0. The van der Waals surface area contributed by atoms with Gasteiger partial charge in [0.15, 0.2) is 17.3 Å². The molecule has 1 aliphatic heterocycles. The third kappa shape index (κ3) is 4.73. The van der Waals surface area contributed by atoms with Crippen molar-refractivity contribution < 1.29 is 28.7 Å². The Balaban J connectivity index is 1.59. The molecule has 21 heavy (non-hydrogen) atoms. The SMILES string of the molecule is CCOC(=O)CC(=O)COCCN1Oc2ccccc2O1. The van der Waals surface area contributed by atoms with Crippen LogP contribution in [-0.4, -0.2) is 43.3 Å². The Morgan fingerprint density at radius 3 is 2.48 bits per heavy atom. The second kappa shape index (κ2) is 7.61. The van der Waals surface area contributed by atoms with Gasteiger partial charge < -0.3 is 19.1 Å². The lowest BCUT2D eigenvalue weighted by atomic mass is 10.3. The number of carbonyl (C=O) groups is 2. The van der Waals surface area contributed by atoms with Gasteiger partial charge in [0, 0.05) is 5.23 Å². The maximum Gasteiger partial charge on any atom is 0.313 e. The first-order valence-electron chi connectivity index (χ1n) is 6.66. The van der Waals surface area contributed by atoms with Crippen LogP contribution < -0.4 is 9.68 Å². The largest absolute Gasteiger partial charge is 0.466 e. The summed E-state index contributed by atoms with van der Waals surface area (Å²) >= 11 is 0. The molecule has 0 bridgehead atoms. The minimum atomic E-state index is -0.534. The summed E-state index contributed by atoms with van der Waals surface area (Å²) in [5, 5.41) is 1.28. The molecule has 0 unspecified atom stereocenters. The fourth-order valence-corrected chi connectivity index (χ4v) is 1.68. The molecule has 0 saturated heterocycles. The maximum absolute atomic E-state index is 11.4. The average Bonchev–Trinajstić information content (AvgIpc) is 2.86. The van der Waals surface area contributed by atoms with Crippen molar-refractivity contribution in [2.24, 2.45) is 0 Å². The highest BCUT2D eigenvalue weighted by molar-refractivity contribution is 5.96. The zero-order valence-electron chi connectivity index (χ0n) is 11.7. The first-order valence-corrected chi connectivity index (χ1v) is 6.66. The van der Waals surface area contributed by atoms with Crippen LogP contribution in [0.15, 0.2) is 24.3 Å². The van der Waals surface area contributed by atoms with E-state index in [0.29, 0.717) is 18.0 Å². The zero-order chi connectivity index (χ0) is 15.1. The predicted octanol–water partition coefficient (Wildman–Crippen LogP) is 1.13.